The summed E-state index contributed by atoms with van der Waals surface area (Å²) in [7, 11) is -3.23. The number of aromatic nitrogens is 1. The molecule has 1 aromatic carbocycles. The Morgan fingerprint density at radius 3 is 2.85 bits per heavy atom. The number of nitrogens with one attached hydrogen (secondary N) is 1. The lowest BCUT2D eigenvalue weighted by Crippen LogP contribution is -2.37. The normalized spacial score (nSPS) is 14.6. The molecule has 144 valence electrons. The Balaban J connectivity index is 1.79. The van der Waals surface area contributed by atoms with Crippen LogP contribution in [-0.2, 0) is 23.0 Å². The van der Waals surface area contributed by atoms with Gasteiger partial charge in [-0.1, -0.05) is 13.0 Å². The van der Waals surface area contributed by atoms with Gasteiger partial charge in [0.15, 0.2) is 0 Å². The number of anilines is 1. The summed E-state index contributed by atoms with van der Waals surface area (Å²) in [5.74, 6) is -0.0595. The maximum absolute atomic E-state index is 12.6. The van der Waals surface area contributed by atoms with E-state index in [2.05, 4.69) is 10.3 Å². The second kappa shape index (κ2) is 8.41. The zero-order valence-corrected chi connectivity index (χ0v) is 17.1. The SMILES string of the molecule is CCCS(=O)(=O)N1CCc2ccc(NC(=O)c3cccnc3SC)cc2C1. The first-order valence-electron chi connectivity index (χ1n) is 8.84. The Bertz CT molecular complexity index is 945. The summed E-state index contributed by atoms with van der Waals surface area (Å²) in [5.41, 5.74) is 3.25. The highest BCUT2D eigenvalue weighted by Gasteiger charge is 2.26. The molecule has 0 saturated heterocycles. The fraction of sp³-hybridized carbons (Fsp3) is 0.368. The molecule has 0 atom stereocenters. The van der Waals surface area contributed by atoms with Gasteiger partial charge in [0, 0.05) is 25.0 Å². The predicted molar refractivity (Wildman–Crippen MR) is 109 cm³/mol. The van der Waals surface area contributed by atoms with E-state index >= 15 is 0 Å². The third-order valence-corrected chi connectivity index (χ3v) is 7.24. The highest BCUT2D eigenvalue weighted by molar-refractivity contribution is 7.98. The summed E-state index contributed by atoms with van der Waals surface area (Å²) in [6.07, 6.45) is 4.83. The van der Waals surface area contributed by atoms with Crippen molar-refractivity contribution in [3.8, 4) is 0 Å². The average Bonchev–Trinajstić information content (AvgIpc) is 2.67. The molecule has 1 aliphatic rings. The molecule has 0 fully saturated rings. The minimum atomic E-state index is -3.23. The molecule has 2 aromatic rings. The largest absolute Gasteiger partial charge is 0.322 e. The van der Waals surface area contributed by atoms with Gasteiger partial charge in [-0.2, -0.15) is 4.31 Å². The van der Waals surface area contributed by atoms with Gasteiger partial charge >= 0.3 is 0 Å². The summed E-state index contributed by atoms with van der Waals surface area (Å²) in [5, 5.41) is 3.57. The minimum Gasteiger partial charge on any atom is -0.322 e. The number of amides is 1. The van der Waals surface area contributed by atoms with E-state index in [1.165, 1.54) is 16.1 Å². The van der Waals surface area contributed by atoms with Gasteiger partial charge in [0.1, 0.15) is 5.03 Å². The van der Waals surface area contributed by atoms with Crippen molar-refractivity contribution in [1.29, 1.82) is 0 Å². The molecule has 0 bridgehead atoms. The van der Waals surface area contributed by atoms with Crippen LogP contribution < -0.4 is 5.32 Å². The Labute approximate surface area is 164 Å². The van der Waals surface area contributed by atoms with Crippen molar-refractivity contribution >= 4 is 33.4 Å². The van der Waals surface area contributed by atoms with Crippen LogP contribution >= 0.6 is 11.8 Å². The molecule has 0 spiro atoms. The average molecular weight is 406 g/mol. The van der Waals surface area contributed by atoms with E-state index in [4.69, 9.17) is 0 Å². The van der Waals surface area contributed by atoms with Crippen molar-refractivity contribution in [1.82, 2.24) is 9.29 Å². The minimum absolute atomic E-state index is 0.164. The first-order chi connectivity index (χ1) is 12.9. The number of hydrogen-bond donors (Lipinski definition) is 1. The lowest BCUT2D eigenvalue weighted by molar-refractivity contribution is 0.102. The molecule has 0 saturated carbocycles. The van der Waals surface area contributed by atoms with Crippen molar-refractivity contribution in [2.75, 3.05) is 23.9 Å². The molecule has 27 heavy (non-hydrogen) atoms. The van der Waals surface area contributed by atoms with E-state index in [-0.39, 0.29) is 11.7 Å². The van der Waals surface area contributed by atoms with Crippen molar-refractivity contribution in [2.24, 2.45) is 0 Å². The zero-order chi connectivity index (χ0) is 19.4. The molecule has 0 unspecified atom stereocenters. The number of nitrogens with zero attached hydrogens (tertiary/aromatic N) is 2. The molecule has 1 aromatic heterocycles. The first kappa shape index (κ1) is 19.9. The predicted octanol–water partition coefficient (Wildman–Crippen LogP) is 3.15. The van der Waals surface area contributed by atoms with Crippen molar-refractivity contribution < 1.29 is 13.2 Å². The van der Waals surface area contributed by atoms with E-state index < -0.39 is 10.0 Å². The van der Waals surface area contributed by atoms with E-state index in [1.54, 1.807) is 18.3 Å². The Hall–Kier alpha value is -1.90. The fourth-order valence-electron chi connectivity index (χ4n) is 3.16. The van der Waals surface area contributed by atoms with E-state index in [0.717, 1.165) is 11.1 Å². The summed E-state index contributed by atoms with van der Waals surface area (Å²) in [4.78, 5) is 16.8. The van der Waals surface area contributed by atoms with Crippen LogP contribution in [-0.4, -0.2) is 42.2 Å². The van der Waals surface area contributed by atoms with Crippen LogP contribution in [0.5, 0.6) is 0 Å². The number of carbonyl (C=O) groups excluding carboxylic acids is 1. The lowest BCUT2D eigenvalue weighted by atomic mass is 10.0. The van der Waals surface area contributed by atoms with Crippen LogP contribution in [0.15, 0.2) is 41.6 Å². The number of pyridine rings is 1. The highest BCUT2D eigenvalue weighted by atomic mass is 32.2. The monoisotopic (exact) mass is 405 g/mol. The molecule has 6 nitrogen and oxygen atoms in total. The van der Waals surface area contributed by atoms with Crippen molar-refractivity contribution in [2.45, 2.75) is 31.3 Å². The number of benzene rings is 1. The summed E-state index contributed by atoms with van der Waals surface area (Å²) >= 11 is 1.42. The maximum Gasteiger partial charge on any atom is 0.258 e. The number of fused-ring (bicyclic) bond motifs is 1. The molecule has 1 amide bonds. The zero-order valence-electron chi connectivity index (χ0n) is 15.4. The topological polar surface area (TPSA) is 79.4 Å². The van der Waals surface area contributed by atoms with Gasteiger partial charge in [0.25, 0.3) is 5.91 Å². The van der Waals surface area contributed by atoms with Gasteiger partial charge in [0.2, 0.25) is 10.0 Å². The summed E-state index contributed by atoms with van der Waals surface area (Å²) in [6.45, 7) is 2.72. The third kappa shape index (κ3) is 4.51. The van der Waals surface area contributed by atoms with E-state index in [0.29, 0.717) is 42.2 Å². The Morgan fingerprint density at radius 1 is 1.30 bits per heavy atom. The standard InChI is InChI=1S/C19H23N3O3S2/c1-3-11-27(24,25)22-10-8-14-6-7-16(12-15(14)13-22)21-18(23)17-5-4-9-20-19(17)26-2/h4-7,9,12H,3,8,10-11,13H2,1-2H3,(H,21,23). The van der Waals surface area contributed by atoms with Crippen LogP contribution in [0, 0.1) is 0 Å². The maximum atomic E-state index is 12.6. The second-order valence-corrected chi connectivity index (χ2v) is 9.28. The second-order valence-electron chi connectivity index (χ2n) is 6.40. The van der Waals surface area contributed by atoms with Gasteiger partial charge in [-0.3, -0.25) is 4.79 Å². The summed E-state index contributed by atoms with van der Waals surface area (Å²) < 4.78 is 26.3. The van der Waals surface area contributed by atoms with Crippen LogP contribution in [0.3, 0.4) is 0 Å². The molecule has 8 heteroatoms. The molecular formula is C19H23N3O3S2. The Kier molecular flexibility index (Phi) is 6.18. The van der Waals surface area contributed by atoms with Gasteiger partial charge in [-0.05, 0) is 54.5 Å². The van der Waals surface area contributed by atoms with Crippen LogP contribution in [0.4, 0.5) is 5.69 Å². The number of carbonyl (C=O) groups is 1. The van der Waals surface area contributed by atoms with Gasteiger partial charge in [-0.15, -0.1) is 11.8 Å². The van der Waals surface area contributed by atoms with Gasteiger partial charge in [0.05, 0.1) is 11.3 Å². The van der Waals surface area contributed by atoms with E-state index in [9.17, 15) is 13.2 Å². The van der Waals surface area contributed by atoms with Gasteiger partial charge < -0.3 is 5.32 Å². The van der Waals surface area contributed by atoms with Crippen molar-refractivity contribution in [3.63, 3.8) is 0 Å². The number of hydrogen-bond acceptors (Lipinski definition) is 5. The quantitative estimate of drug-likeness (QED) is 0.747. The van der Waals surface area contributed by atoms with Crippen LogP contribution in [0.1, 0.15) is 34.8 Å². The lowest BCUT2D eigenvalue weighted by Gasteiger charge is -2.28. The van der Waals surface area contributed by atoms with Crippen molar-refractivity contribution in [3.05, 3.63) is 53.2 Å². The number of rotatable bonds is 6. The molecule has 0 radical (unpaired) electrons. The van der Waals surface area contributed by atoms with Crippen LogP contribution in [0.2, 0.25) is 0 Å². The van der Waals surface area contributed by atoms with E-state index in [1.807, 2.05) is 31.4 Å². The highest BCUT2D eigenvalue weighted by Crippen LogP contribution is 2.25. The smallest absolute Gasteiger partial charge is 0.258 e. The molecule has 2 heterocycles. The molecular weight excluding hydrogens is 382 g/mol. The molecule has 1 N–H and O–H groups in total. The summed E-state index contributed by atoms with van der Waals surface area (Å²) in [6, 6.07) is 9.18. The first-order valence-corrected chi connectivity index (χ1v) is 11.7. The fourth-order valence-corrected chi connectivity index (χ4v) is 5.18. The molecule has 0 aliphatic carbocycles. The Morgan fingerprint density at radius 2 is 2.11 bits per heavy atom. The number of thioether (sulfide) groups is 1. The molecule has 1 aliphatic heterocycles. The third-order valence-electron chi connectivity index (χ3n) is 4.51. The molecule has 3 rings (SSSR count). The van der Waals surface area contributed by atoms with Gasteiger partial charge in [-0.25, -0.2) is 13.4 Å². The van der Waals surface area contributed by atoms with Crippen LogP contribution in [0.25, 0.3) is 0 Å². The number of sulfonamides is 1.